The van der Waals surface area contributed by atoms with Gasteiger partial charge in [-0.3, -0.25) is 4.98 Å². The lowest BCUT2D eigenvalue weighted by Gasteiger charge is -2.34. The number of pyridine rings is 1. The number of likely N-dealkylation sites (N-methyl/N-ethyl adjacent to an activating group) is 1. The molecule has 0 atom stereocenters. The van der Waals surface area contributed by atoms with Crippen molar-refractivity contribution >= 4 is 11.4 Å². The van der Waals surface area contributed by atoms with Crippen LogP contribution in [0.25, 0.3) is 0 Å². The summed E-state index contributed by atoms with van der Waals surface area (Å²) in [6, 6.07) is 1.99. The Morgan fingerprint density at radius 3 is 2.64 bits per heavy atom. The van der Waals surface area contributed by atoms with Crippen LogP contribution in [0, 0.1) is 0 Å². The fraction of sp³-hybridized carbons (Fsp3) is 0.500. The Balaban J connectivity index is 2.12. The van der Waals surface area contributed by atoms with Crippen molar-refractivity contribution < 1.29 is 0 Å². The van der Waals surface area contributed by atoms with Crippen molar-refractivity contribution in [3.63, 3.8) is 0 Å². The third-order valence-electron chi connectivity index (χ3n) is 2.67. The maximum absolute atomic E-state index is 5.87. The van der Waals surface area contributed by atoms with Gasteiger partial charge in [0.25, 0.3) is 0 Å². The molecule has 0 amide bonds. The largest absolute Gasteiger partial charge is 0.396 e. The lowest BCUT2D eigenvalue weighted by atomic mass is 10.2. The Kier molecular flexibility index (Phi) is 2.54. The second-order valence-electron chi connectivity index (χ2n) is 3.72. The summed E-state index contributed by atoms with van der Waals surface area (Å²) in [4.78, 5) is 8.64. The molecule has 0 aromatic carbocycles. The lowest BCUT2D eigenvalue weighted by molar-refractivity contribution is 0.313. The Labute approximate surface area is 84.3 Å². The number of nitrogen functional groups attached to an aromatic ring is 1. The summed E-state index contributed by atoms with van der Waals surface area (Å²) in [5.41, 5.74) is 7.76. The van der Waals surface area contributed by atoms with Crippen LogP contribution in [0.1, 0.15) is 0 Å². The fourth-order valence-electron chi connectivity index (χ4n) is 1.73. The minimum atomic E-state index is 0.775. The molecule has 76 valence electrons. The van der Waals surface area contributed by atoms with Gasteiger partial charge in [0.2, 0.25) is 0 Å². The number of aromatic nitrogens is 1. The second-order valence-corrected chi connectivity index (χ2v) is 3.72. The second kappa shape index (κ2) is 3.84. The standard InChI is InChI=1S/C10H16N4/c1-13-4-6-14(7-5-13)10-2-3-12-8-9(10)11/h2-3,8H,4-7,11H2,1H3. The Hall–Kier alpha value is -1.29. The van der Waals surface area contributed by atoms with E-state index in [0.29, 0.717) is 0 Å². The quantitative estimate of drug-likeness (QED) is 0.700. The summed E-state index contributed by atoms with van der Waals surface area (Å²) in [6.45, 7) is 4.29. The summed E-state index contributed by atoms with van der Waals surface area (Å²) >= 11 is 0. The normalized spacial score (nSPS) is 18.5. The van der Waals surface area contributed by atoms with Crippen LogP contribution in [0.3, 0.4) is 0 Å². The van der Waals surface area contributed by atoms with Crippen molar-refractivity contribution in [3.8, 4) is 0 Å². The van der Waals surface area contributed by atoms with Crippen LogP contribution in [0.2, 0.25) is 0 Å². The highest BCUT2D eigenvalue weighted by molar-refractivity contribution is 5.66. The Bertz CT molecular complexity index is 305. The molecule has 0 spiro atoms. The van der Waals surface area contributed by atoms with Crippen molar-refractivity contribution in [2.75, 3.05) is 43.9 Å². The third-order valence-corrected chi connectivity index (χ3v) is 2.67. The van der Waals surface area contributed by atoms with Crippen LogP contribution >= 0.6 is 0 Å². The predicted molar refractivity (Wildman–Crippen MR) is 58.4 cm³/mol. The summed E-state index contributed by atoms with van der Waals surface area (Å²) in [7, 11) is 2.15. The Morgan fingerprint density at radius 1 is 1.29 bits per heavy atom. The molecule has 1 aliphatic heterocycles. The molecule has 0 aliphatic carbocycles. The molecular weight excluding hydrogens is 176 g/mol. The van der Waals surface area contributed by atoms with Gasteiger partial charge in [-0.25, -0.2) is 0 Å². The van der Waals surface area contributed by atoms with Crippen LogP contribution in [-0.4, -0.2) is 43.1 Å². The zero-order valence-corrected chi connectivity index (χ0v) is 8.48. The van der Waals surface area contributed by atoms with Gasteiger partial charge < -0.3 is 15.5 Å². The molecule has 4 nitrogen and oxygen atoms in total. The van der Waals surface area contributed by atoms with Crippen LogP contribution in [0.15, 0.2) is 18.5 Å². The van der Waals surface area contributed by atoms with Crippen LogP contribution in [0.4, 0.5) is 11.4 Å². The molecule has 1 fully saturated rings. The van der Waals surface area contributed by atoms with Crippen molar-refractivity contribution in [2.45, 2.75) is 0 Å². The number of nitrogens with zero attached hydrogens (tertiary/aromatic N) is 3. The van der Waals surface area contributed by atoms with Crippen molar-refractivity contribution in [2.24, 2.45) is 0 Å². The van der Waals surface area contributed by atoms with E-state index in [1.807, 2.05) is 6.07 Å². The molecule has 1 aromatic heterocycles. The topological polar surface area (TPSA) is 45.4 Å². The number of hydrogen-bond donors (Lipinski definition) is 1. The monoisotopic (exact) mass is 192 g/mol. The van der Waals surface area contributed by atoms with Crippen molar-refractivity contribution in [1.29, 1.82) is 0 Å². The molecule has 0 unspecified atom stereocenters. The van der Waals surface area contributed by atoms with Crippen LogP contribution in [0.5, 0.6) is 0 Å². The summed E-state index contributed by atoms with van der Waals surface area (Å²) in [5.74, 6) is 0. The number of nitrogens with two attached hydrogens (primary N) is 1. The lowest BCUT2D eigenvalue weighted by Crippen LogP contribution is -2.44. The van der Waals surface area contributed by atoms with Gasteiger partial charge in [-0.1, -0.05) is 0 Å². The van der Waals surface area contributed by atoms with E-state index in [1.165, 1.54) is 0 Å². The minimum Gasteiger partial charge on any atom is -0.396 e. The van der Waals surface area contributed by atoms with E-state index in [4.69, 9.17) is 5.73 Å². The first-order valence-electron chi connectivity index (χ1n) is 4.90. The molecule has 1 aliphatic rings. The van der Waals surface area contributed by atoms with Crippen LogP contribution in [-0.2, 0) is 0 Å². The van der Waals surface area contributed by atoms with Gasteiger partial charge in [-0.05, 0) is 13.1 Å². The first-order valence-corrected chi connectivity index (χ1v) is 4.90. The molecule has 14 heavy (non-hydrogen) atoms. The molecule has 2 heterocycles. The zero-order chi connectivity index (χ0) is 9.97. The van der Waals surface area contributed by atoms with Crippen molar-refractivity contribution in [1.82, 2.24) is 9.88 Å². The zero-order valence-electron chi connectivity index (χ0n) is 8.48. The van der Waals surface area contributed by atoms with Crippen LogP contribution < -0.4 is 10.6 Å². The van der Waals surface area contributed by atoms with E-state index in [9.17, 15) is 0 Å². The minimum absolute atomic E-state index is 0.775. The van der Waals surface area contributed by atoms with Gasteiger partial charge in [0.05, 0.1) is 17.6 Å². The number of piperazine rings is 1. The molecule has 4 heteroatoms. The van der Waals surface area contributed by atoms with E-state index in [1.54, 1.807) is 12.4 Å². The summed E-state index contributed by atoms with van der Waals surface area (Å²) in [6.07, 6.45) is 3.51. The van der Waals surface area contributed by atoms with Gasteiger partial charge in [0.15, 0.2) is 0 Å². The van der Waals surface area contributed by atoms with E-state index >= 15 is 0 Å². The molecule has 0 bridgehead atoms. The Morgan fingerprint density at radius 2 is 2.00 bits per heavy atom. The highest BCUT2D eigenvalue weighted by Crippen LogP contribution is 2.21. The van der Waals surface area contributed by atoms with E-state index in [-0.39, 0.29) is 0 Å². The molecule has 0 saturated carbocycles. The number of anilines is 2. The van der Waals surface area contributed by atoms with Crippen molar-refractivity contribution in [3.05, 3.63) is 18.5 Å². The predicted octanol–water partition coefficient (Wildman–Crippen LogP) is 0.416. The smallest absolute Gasteiger partial charge is 0.0738 e. The SMILES string of the molecule is CN1CCN(c2ccncc2N)CC1. The van der Waals surface area contributed by atoms with Gasteiger partial charge in [-0.15, -0.1) is 0 Å². The summed E-state index contributed by atoms with van der Waals surface area (Å²) in [5, 5.41) is 0. The number of rotatable bonds is 1. The highest BCUT2D eigenvalue weighted by Gasteiger charge is 2.15. The number of hydrogen-bond acceptors (Lipinski definition) is 4. The molecule has 1 aromatic rings. The summed E-state index contributed by atoms with van der Waals surface area (Å²) < 4.78 is 0. The van der Waals surface area contributed by atoms with E-state index in [0.717, 1.165) is 37.6 Å². The maximum Gasteiger partial charge on any atom is 0.0738 e. The first kappa shape index (κ1) is 9.27. The van der Waals surface area contributed by atoms with Gasteiger partial charge in [0, 0.05) is 32.4 Å². The van der Waals surface area contributed by atoms with Gasteiger partial charge >= 0.3 is 0 Å². The van der Waals surface area contributed by atoms with E-state index in [2.05, 4.69) is 21.8 Å². The molecule has 2 N–H and O–H groups in total. The maximum atomic E-state index is 5.87. The van der Waals surface area contributed by atoms with Gasteiger partial charge in [0.1, 0.15) is 0 Å². The van der Waals surface area contributed by atoms with Gasteiger partial charge in [-0.2, -0.15) is 0 Å². The fourth-order valence-corrected chi connectivity index (χ4v) is 1.73. The average Bonchev–Trinajstić information content (AvgIpc) is 2.20. The average molecular weight is 192 g/mol. The molecular formula is C10H16N4. The highest BCUT2D eigenvalue weighted by atomic mass is 15.3. The third kappa shape index (κ3) is 1.80. The first-order chi connectivity index (χ1) is 6.77. The molecule has 0 radical (unpaired) electrons. The molecule has 1 saturated heterocycles. The van der Waals surface area contributed by atoms with E-state index < -0.39 is 0 Å². The molecule has 2 rings (SSSR count).